The molecule has 1 aliphatic heterocycles. The Kier molecular flexibility index (Phi) is 11.1. The van der Waals surface area contributed by atoms with Crippen LogP contribution < -0.4 is 14.8 Å². The average molecular weight is 600 g/mol. The number of carbonyl (C=O) groups excluding carboxylic acids is 1. The van der Waals surface area contributed by atoms with Gasteiger partial charge in [0.25, 0.3) is 5.91 Å². The number of halogens is 1. The molecule has 2 aliphatic rings. The van der Waals surface area contributed by atoms with Crippen LogP contribution in [0.5, 0.6) is 5.75 Å². The Hall–Kier alpha value is -2.65. The molecule has 4 atom stereocenters. The topological polar surface area (TPSA) is 94.2 Å². The maximum atomic E-state index is 13.2. The molecule has 1 aliphatic carbocycles. The van der Waals surface area contributed by atoms with Crippen molar-refractivity contribution in [3.05, 3.63) is 83.4 Å². The molecule has 0 saturated heterocycles. The number of amides is 1. The van der Waals surface area contributed by atoms with Crippen LogP contribution in [-0.2, 0) is 27.6 Å². The minimum Gasteiger partial charge on any atom is -0.491 e. The molecule has 0 radical (unpaired) electrons. The molecule has 1 unspecified atom stereocenters. The van der Waals surface area contributed by atoms with Gasteiger partial charge in [0.15, 0.2) is 0 Å². The predicted molar refractivity (Wildman–Crippen MR) is 168 cm³/mol. The van der Waals surface area contributed by atoms with Crippen molar-refractivity contribution < 1.29 is 18.5 Å². The van der Waals surface area contributed by atoms with Gasteiger partial charge in [-0.25, -0.2) is 9.35 Å². The first-order valence-corrected chi connectivity index (χ1v) is 16.5. The monoisotopic (exact) mass is 599 g/mol. The van der Waals surface area contributed by atoms with Crippen molar-refractivity contribution in [3.63, 3.8) is 0 Å². The van der Waals surface area contributed by atoms with E-state index in [0.717, 1.165) is 49.4 Å². The molecule has 7 nitrogen and oxygen atoms in total. The molecule has 0 bridgehead atoms. The molecule has 222 valence electrons. The Morgan fingerprint density at radius 3 is 2.78 bits per heavy atom. The zero-order valence-corrected chi connectivity index (χ0v) is 25.5. The van der Waals surface area contributed by atoms with Gasteiger partial charge in [-0.15, -0.1) is 17.5 Å². The van der Waals surface area contributed by atoms with Crippen LogP contribution in [0.1, 0.15) is 60.0 Å². The van der Waals surface area contributed by atoms with Crippen LogP contribution in [0.25, 0.3) is 0 Å². The molecule has 4 rings (SSSR count). The fourth-order valence-corrected chi connectivity index (χ4v) is 6.96. The first-order valence-electron chi connectivity index (χ1n) is 14.4. The molecule has 2 N–H and O–H groups in total. The second-order valence-corrected chi connectivity index (χ2v) is 13.3. The number of carbonyl (C=O) groups is 1. The second-order valence-electron chi connectivity index (χ2n) is 10.9. The number of hydrogen-bond acceptors (Lipinski definition) is 5. The quantitative estimate of drug-likeness (QED) is 0.241. The smallest absolute Gasteiger partial charge is 0.286 e. The molecule has 2 aromatic carbocycles. The van der Waals surface area contributed by atoms with Crippen molar-refractivity contribution >= 4 is 33.1 Å². The van der Waals surface area contributed by atoms with Crippen LogP contribution in [0, 0.1) is 11.8 Å². The summed E-state index contributed by atoms with van der Waals surface area (Å²) in [4.78, 5) is 15.5. The number of ether oxygens (including phenoxy) is 2. The number of aryl methyl sites for hydroxylation is 1. The summed E-state index contributed by atoms with van der Waals surface area (Å²) in [5.41, 5.74) is 3.55. The number of methoxy groups -OCH3 is 1. The van der Waals surface area contributed by atoms with Gasteiger partial charge in [-0.1, -0.05) is 29.8 Å². The van der Waals surface area contributed by atoms with Crippen molar-refractivity contribution in [2.45, 2.75) is 57.6 Å². The van der Waals surface area contributed by atoms with E-state index in [1.54, 1.807) is 19.3 Å². The number of anilines is 1. The van der Waals surface area contributed by atoms with Crippen LogP contribution >= 0.6 is 11.6 Å². The highest BCUT2D eigenvalue weighted by Gasteiger charge is 2.37. The van der Waals surface area contributed by atoms with Crippen LogP contribution in [0.2, 0.25) is 5.02 Å². The maximum Gasteiger partial charge on any atom is 0.286 e. The zero-order chi connectivity index (χ0) is 29.4. The Balaban J connectivity index is 1.73. The number of rotatable bonds is 10. The molecular formula is C32H42ClN3O4S. The fourth-order valence-electron chi connectivity index (χ4n) is 5.71. The number of allylic oxidation sites excluding steroid dienone is 1. The SMILES string of the molecule is C=CCCCS(N)(=O)=NC(=O)c1ccc2c(c1)N(C[C@@H]1CC[C@H]1[C@H](C=C)OC)Cc1ccc(Cl)cc1CCCCO2. The maximum absolute atomic E-state index is 13.2. The second kappa shape index (κ2) is 14.5. The summed E-state index contributed by atoms with van der Waals surface area (Å²) in [5.74, 6) is 0.997. The number of hydrogen-bond donors (Lipinski definition) is 1. The molecule has 2 aromatic rings. The summed E-state index contributed by atoms with van der Waals surface area (Å²) < 4.78 is 28.8. The van der Waals surface area contributed by atoms with E-state index in [1.165, 1.54) is 11.1 Å². The lowest BCUT2D eigenvalue weighted by Crippen LogP contribution is -2.43. The van der Waals surface area contributed by atoms with Gasteiger partial charge in [-0.2, -0.15) is 0 Å². The summed E-state index contributed by atoms with van der Waals surface area (Å²) in [5, 5.41) is 6.65. The third-order valence-electron chi connectivity index (χ3n) is 8.11. The molecule has 0 aromatic heterocycles. The molecule has 1 fully saturated rings. The lowest BCUT2D eigenvalue weighted by molar-refractivity contribution is 0.0137. The lowest BCUT2D eigenvalue weighted by atomic mass is 9.70. The van der Waals surface area contributed by atoms with Crippen molar-refractivity contribution in [1.82, 2.24) is 0 Å². The van der Waals surface area contributed by atoms with Crippen LogP contribution in [0.4, 0.5) is 5.69 Å². The van der Waals surface area contributed by atoms with Crippen molar-refractivity contribution in [1.29, 1.82) is 0 Å². The van der Waals surface area contributed by atoms with Gasteiger partial charge in [0, 0.05) is 36.5 Å². The van der Waals surface area contributed by atoms with E-state index in [0.29, 0.717) is 49.1 Å². The third kappa shape index (κ3) is 8.22. The Labute approximate surface area is 250 Å². The molecule has 1 heterocycles. The summed E-state index contributed by atoms with van der Waals surface area (Å²) in [6, 6.07) is 11.4. The van der Waals surface area contributed by atoms with Gasteiger partial charge in [0.1, 0.15) is 15.7 Å². The van der Waals surface area contributed by atoms with E-state index in [4.69, 9.17) is 26.2 Å². The molecule has 1 saturated carbocycles. The third-order valence-corrected chi connectivity index (χ3v) is 9.70. The first kappa shape index (κ1) is 31.3. The highest BCUT2D eigenvalue weighted by atomic mass is 35.5. The molecule has 0 spiro atoms. The number of nitrogens with zero attached hydrogens (tertiary/aromatic N) is 2. The Morgan fingerprint density at radius 2 is 2.07 bits per heavy atom. The Bertz CT molecular complexity index is 1370. The molecular weight excluding hydrogens is 558 g/mol. The van der Waals surface area contributed by atoms with Gasteiger partial charge in [-0.3, -0.25) is 4.79 Å². The van der Waals surface area contributed by atoms with Gasteiger partial charge in [0.05, 0.1) is 18.4 Å². The van der Waals surface area contributed by atoms with Crippen LogP contribution in [0.15, 0.2) is 66.1 Å². The zero-order valence-electron chi connectivity index (χ0n) is 23.9. The number of benzene rings is 2. The van der Waals surface area contributed by atoms with Crippen molar-refractivity contribution in [3.8, 4) is 5.75 Å². The summed E-state index contributed by atoms with van der Waals surface area (Å²) in [7, 11) is -1.42. The number of unbranched alkanes of at least 4 members (excludes halogenated alkanes) is 1. The summed E-state index contributed by atoms with van der Waals surface area (Å²) >= 11 is 6.40. The number of fused-ring (bicyclic) bond motifs is 2. The van der Waals surface area contributed by atoms with E-state index in [1.807, 2.05) is 24.3 Å². The molecule has 41 heavy (non-hydrogen) atoms. The van der Waals surface area contributed by atoms with E-state index in [-0.39, 0.29) is 11.9 Å². The largest absolute Gasteiger partial charge is 0.491 e. The van der Waals surface area contributed by atoms with E-state index < -0.39 is 15.8 Å². The number of nitrogens with two attached hydrogens (primary N) is 1. The lowest BCUT2D eigenvalue weighted by Gasteiger charge is -2.43. The van der Waals surface area contributed by atoms with Gasteiger partial charge >= 0.3 is 0 Å². The van der Waals surface area contributed by atoms with Gasteiger partial charge < -0.3 is 14.4 Å². The predicted octanol–water partition coefficient (Wildman–Crippen LogP) is 6.74. The Morgan fingerprint density at radius 1 is 1.24 bits per heavy atom. The van der Waals surface area contributed by atoms with E-state index in [2.05, 4.69) is 34.6 Å². The average Bonchev–Trinajstić information content (AvgIpc) is 2.96. The first-order chi connectivity index (χ1) is 19.7. The fraction of sp³-hybridized carbons (Fsp3) is 0.469. The van der Waals surface area contributed by atoms with Crippen LogP contribution in [0.3, 0.4) is 0 Å². The highest BCUT2D eigenvalue weighted by Crippen LogP contribution is 2.41. The standard InChI is InChI=1S/C32H42ClN3O4S/c1-4-6-9-18-41(34,38)35-32(37)24-13-16-31-29(20-24)36(22-26-12-15-28(26)30(5-2)39-3)21-25-11-14-27(33)19-23(25)10-7-8-17-40-31/h4-5,11,13-14,16,19-20,26,28,30H,1-2,6-10,12,15,17-18,21-22H2,3H3,(H2,34,35,37,38)/t26-,28+,30-,41?/m0/s1. The summed E-state index contributed by atoms with van der Waals surface area (Å²) in [6.45, 7) is 9.59. The summed E-state index contributed by atoms with van der Waals surface area (Å²) in [6.07, 6.45) is 9.76. The normalized spacial score (nSPS) is 21.0. The van der Waals surface area contributed by atoms with E-state index >= 15 is 0 Å². The van der Waals surface area contributed by atoms with Gasteiger partial charge in [-0.05, 0) is 98.2 Å². The minimum absolute atomic E-state index is 0.00925. The van der Waals surface area contributed by atoms with E-state index in [9.17, 15) is 9.00 Å². The van der Waals surface area contributed by atoms with Gasteiger partial charge in [0.2, 0.25) is 0 Å². The van der Waals surface area contributed by atoms with Crippen molar-refractivity contribution in [2.75, 3.05) is 30.9 Å². The molecule has 1 amide bonds. The molecule has 9 heteroatoms. The van der Waals surface area contributed by atoms with Crippen LogP contribution in [-0.4, -0.2) is 42.2 Å². The van der Waals surface area contributed by atoms with Crippen molar-refractivity contribution in [2.24, 2.45) is 21.3 Å². The highest BCUT2D eigenvalue weighted by molar-refractivity contribution is 7.91. The minimum atomic E-state index is -3.15.